The summed E-state index contributed by atoms with van der Waals surface area (Å²) in [5, 5.41) is 0. The van der Waals surface area contributed by atoms with Crippen molar-refractivity contribution in [2.45, 2.75) is 17.7 Å². The maximum Gasteiger partial charge on any atom is 0.283 e. The van der Waals surface area contributed by atoms with Crippen LogP contribution in [0.2, 0.25) is 0 Å². The zero-order chi connectivity index (χ0) is 18.1. The highest BCUT2D eigenvalue weighted by Gasteiger charge is 2.30. The number of hydrogen-bond acceptors (Lipinski definition) is 4. The van der Waals surface area contributed by atoms with E-state index in [4.69, 9.17) is 4.74 Å². The summed E-state index contributed by atoms with van der Waals surface area (Å²) in [6.07, 6.45) is 2.22. The SMILES string of the molecule is O=S1(=O)N=C(c2ccc(Br)cc2)c2ccc(OCCCN3CCC3)cc21. The van der Waals surface area contributed by atoms with E-state index in [-0.39, 0.29) is 4.90 Å². The first-order valence-corrected chi connectivity index (χ1v) is 10.9. The molecule has 1 saturated heterocycles. The molecule has 0 aromatic heterocycles. The summed E-state index contributed by atoms with van der Waals surface area (Å²) in [4.78, 5) is 2.60. The lowest BCUT2D eigenvalue weighted by atomic mass is 10.0. The molecular weight excluding hydrogens is 416 g/mol. The highest BCUT2D eigenvalue weighted by Crippen LogP contribution is 2.32. The van der Waals surface area contributed by atoms with Gasteiger partial charge >= 0.3 is 0 Å². The molecule has 2 aliphatic rings. The fraction of sp³-hybridized carbons (Fsp3) is 0.316. The zero-order valence-corrected chi connectivity index (χ0v) is 16.6. The second kappa shape index (κ2) is 7.13. The maximum absolute atomic E-state index is 12.5. The predicted octanol–water partition coefficient (Wildman–Crippen LogP) is 3.46. The lowest BCUT2D eigenvalue weighted by Crippen LogP contribution is -2.38. The summed E-state index contributed by atoms with van der Waals surface area (Å²) in [6.45, 7) is 3.95. The monoisotopic (exact) mass is 434 g/mol. The van der Waals surface area contributed by atoms with Crippen molar-refractivity contribution in [1.29, 1.82) is 0 Å². The maximum atomic E-state index is 12.5. The van der Waals surface area contributed by atoms with Gasteiger partial charge in [0.2, 0.25) is 0 Å². The van der Waals surface area contributed by atoms with E-state index in [1.807, 2.05) is 30.3 Å². The van der Waals surface area contributed by atoms with Crippen molar-refractivity contribution in [3.63, 3.8) is 0 Å². The number of halogens is 1. The van der Waals surface area contributed by atoms with Crippen LogP contribution in [-0.2, 0) is 10.0 Å². The van der Waals surface area contributed by atoms with Crippen molar-refractivity contribution in [3.05, 3.63) is 58.1 Å². The minimum atomic E-state index is -3.69. The van der Waals surface area contributed by atoms with E-state index in [1.54, 1.807) is 12.1 Å². The van der Waals surface area contributed by atoms with E-state index in [9.17, 15) is 8.42 Å². The largest absolute Gasteiger partial charge is 0.494 e. The van der Waals surface area contributed by atoms with Crippen LogP contribution in [0.3, 0.4) is 0 Å². The van der Waals surface area contributed by atoms with Crippen LogP contribution in [0, 0.1) is 0 Å². The minimum Gasteiger partial charge on any atom is -0.494 e. The highest BCUT2D eigenvalue weighted by molar-refractivity contribution is 9.10. The Hall–Kier alpha value is -1.70. The van der Waals surface area contributed by atoms with Crippen molar-refractivity contribution < 1.29 is 13.2 Å². The third-order valence-corrected chi connectivity index (χ3v) is 6.50. The lowest BCUT2D eigenvalue weighted by molar-refractivity contribution is 0.165. The third-order valence-electron chi connectivity index (χ3n) is 4.65. The molecule has 0 N–H and O–H groups in total. The number of rotatable bonds is 6. The molecule has 136 valence electrons. The predicted molar refractivity (Wildman–Crippen MR) is 105 cm³/mol. The van der Waals surface area contributed by atoms with Gasteiger partial charge in [0.15, 0.2) is 0 Å². The van der Waals surface area contributed by atoms with Crippen LogP contribution in [-0.4, -0.2) is 45.3 Å². The first-order valence-electron chi connectivity index (χ1n) is 8.63. The lowest BCUT2D eigenvalue weighted by Gasteiger charge is -2.30. The Balaban J connectivity index is 1.51. The fourth-order valence-corrected chi connectivity index (χ4v) is 4.63. The van der Waals surface area contributed by atoms with Crippen molar-refractivity contribution in [3.8, 4) is 5.75 Å². The van der Waals surface area contributed by atoms with Gasteiger partial charge < -0.3 is 9.64 Å². The molecule has 0 atom stereocenters. The van der Waals surface area contributed by atoms with Crippen LogP contribution < -0.4 is 4.74 Å². The van der Waals surface area contributed by atoms with Crippen LogP contribution >= 0.6 is 15.9 Å². The number of fused-ring (bicyclic) bond motifs is 1. The van der Waals surface area contributed by atoms with Gasteiger partial charge in [0.05, 0.1) is 12.3 Å². The Bertz CT molecular complexity index is 951. The molecule has 0 spiro atoms. The summed E-state index contributed by atoms with van der Waals surface area (Å²) in [5.74, 6) is 0.572. The number of likely N-dealkylation sites (tertiary alicyclic amines) is 1. The van der Waals surface area contributed by atoms with Gasteiger partial charge in [0, 0.05) is 28.2 Å². The molecule has 4 rings (SSSR count). The summed E-state index contributed by atoms with van der Waals surface area (Å²) in [7, 11) is -3.69. The molecular formula is C19H19BrN2O3S. The molecule has 0 radical (unpaired) electrons. The van der Waals surface area contributed by atoms with Crippen LogP contribution in [0.15, 0.2) is 56.2 Å². The average molecular weight is 435 g/mol. The summed E-state index contributed by atoms with van der Waals surface area (Å²) < 4.78 is 35.6. The Morgan fingerprint density at radius 2 is 1.88 bits per heavy atom. The molecule has 0 amide bonds. The van der Waals surface area contributed by atoms with Crippen LogP contribution in [0.1, 0.15) is 24.0 Å². The van der Waals surface area contributed by atoms with Crippen LogP contribution in [0.4, 0.5) is 0 Å². The van der Waals surface area contributed by atoms with E-state index in [1.165, 1.54) is 19.5 Å². The van der Waals surface area contributed by atoms with E-state index in [2.05, 4.69) is 25.2 Å². The molecule has 2 aromatic carbocycles. The molecule has 0 bridgehead atoms. The van der Waals surface area contributed by atoms with Crippen LogP contribution in [0.25, 0.3) is 0 Å². The highest BCUT2D eigenvalue weighted by atomic mass is 79.9. The average Bonchev–Trinajstić information content (AvgIpc) is 2.85. The number of hydrogen-bond donors (Lipinski definition) is 0. The zero-order valence-electron chi connectivity index (χ0n) is 14.2. The second-order valence-corrected chi connectivity index (χ2v) is 8.97. The Kier molecular flexibility index (Phi) is 4.86. The number of sulfonamides is 1. The topological polar surface area (TPSA) is 59.0 Å². The summed E-state index contributed by atoms with van der Waals surface area (Å²) in [6, 6.07) is 12.6. The van der Waals surface area contributed by atoms with Gasteiger partial charge in [-0.15, -0.1) is 0 Å². The van der Waals surface area contributed by atoms with Crippen LogP contribution in [0.5, 0.6) is 5.75 Å². The minimum absolute atomic E-state index is 0.218. The van der Waals surface area contributed by atoms with Gasteiger partial charge in [-0.2, -0.15) is 12.8 Å². The van der Waals surface area contributed by atoms with Gasteiger partial charge in [0.25, 0.3) is 10.0 Å². The van der Waals surface area contributed by atoms with Gasteiger partial charge in [-0.1, -0.05) is 28.1 Å². The number of ether oxygens (including phenoxy) is 1. The molecule has 2 aromatic rings. The third kappa shape index (κ3) is 3.56. The second-order valence-electron chi connectivity index (χ2n) is 6.48. The van der Waals surface area contributed by atoms with Crippen molar-refractivity contribution in [2.24, 2.45) is 4.40 Å². The number of nitrogens with zero attached hydrogens (tertiary/aromatic N) is 2. The first kappa shape index (κ1) is 17.7. The molecule has 7 heteroatoms. The fourth-order valence-electron chi connectivity index (χ4n) is 3.12. The molecule has 2 heterocycles. The number of benzene rings is 2. The molecule has 0 unspecified atom stereocenters. The summed E-state index contributed by atoms with van der Waals surface area (Å²) in [5.41, 5.74) is 1.89. The molecule has 0 saturated carbocycles. The van der Waals surface area contributed by atoms with E-state index >= 15 is 0 Å². The van der Waals surface area contributed by atoms with E-state index < -0.39 is 10.0 Å². The molecule has 0 aliphatic carbocycles. The standard InChI is InChI=1S/C19H19BrN2O3S/c20-15-5-3-14(4-6-15)19-17-8-7-16(13-18(17)26(23,24)21-19)25-12-2-11-22-9-1-10-22/h3-8,13H,1-2,9-12H2. The molecule has 5 nitrogen and oxygen atoms in total. The summed E-state index contributed by atoms with van der Waals surface area (Å²) >= 11 is 3.39. The first-order chi connectivity index (χ1) is 12.5. The van der Waals surface area contributed by atoms with Gasteiger partial charge in [-0.05, 0) is 50.2 Å². The Labute approximate surface area is 161 Å². The van der Waals surface area contributed by atoms with Crippen molar-refractivity contribution in [1.82, 2.24) is 4.90 Å². The van der Waals surface area contributed by atoms with Crippen molar-refractivity contribution >= 4 is 31.7 Å². The van der Waals surface area contributed by atoms with Crippen molar-refractivity contribution in [2.75, 3.05) is 26.2 Å². The Morgan fingerprint density at radius 1 is 1.12 bits per heavy atom. The molecule has 1 fully saturated rings. The smallest absolute Gasteiger partial charge is 0.283 e. The van der Waals surface area contributed by atoms with E-state index in [0.29, 0.717) is 23.6 Å². The van der Waals surface area contributed by atoms with Gasteiger partial charge in [-0.3, -0.25) is 0 Å². The van der Waals surface area contributed by atoms with E-state index in [0.717, 1.165) is 23.0 Å². The molecule has 2 aliphatic heterocycles. The normalized spacial score (nSPS) is 18.1. The molecule has 26 heavy (non-hydrogen) atoms. The van der Waals surface area contributed by atoms with Gasteiger partial charge in [-0.25, -0.2) is 0 Å². The van der Waals surface area contributed by atoms with Gasteiger partial charge in [0.1, 0.15) is 10.6 Å². The quantitative estimate of drug-likeness (QED) is 0.653. The Morgan fingerprint density at radius 3 is 2.58 bits per heavy atom.